The van der Waals surface area contributed by atoms with Gasteiger partial charge in [0.05, 0.1) is 6.61 Å². The molecule has 0 radical (unpaired) electrons. The van der Waals surface area contributed by atoms with Gasteiger partial charge < -0.3 is 25.5 Å². The Morgan fingerprint density at radius 2 is 1.90 bits per heavy atom. The van der Waals surface area contributed by atoms with E-state index < -0.39 is 36.6 Å². The molecule has 6 N–H and O–H groups in total. The van der Waals surface area contributed by atoms with Crippen molar-refractivity contribution in [3.8, 4) is 0 Å². The van der Waals surface area contributed by atoms with Crippen molar-refractivity contribution in [3.63, 3.8) is 0 Å². The number of nitrogens with one attached hydrogen (secondary N) is 1. The smallest absolute Gasteiger partial charge is 0.252 e. The minimum atomic E-state index is -1.80. The predicted molar refractivity (Wildman–Crippen MR) is 68.4 cm³/mol. The van der Waals surface area contributed by atoms with Gasteiger partial charge in [-0.1, -0.05) is 0 Å². The SMILES string of the molecule is Cc1cc(=O)[nH]c2nnc([C@@H](O)[C@@H](O)[C@H](O)[C@H](O)CO)n12. The van der Waals surface area contributed by atoms with E-state index in [1.165, 1.54) is 10.5 Å². The molecular formula is C11H16N4O6. The third-order valence-corrected chi connectivity index (χ3v) is 3.14. The van der Waals surface area contributed by atoms with E-state index in [0.29, 0.717) is 5.69 Å². The van der Waals surface area contributed by atoms with Gasteiger partial charge in [0.15, 0.2) is 5.82 Å². The maximum Gasteiger partial charge on any atom is 0.252 e. The number of fused-ring (bicyclic) bond motifs is 1. The van der Waals surface area contributed by atoms with Gasteiger partial charge in [0.1, 0.15) is 24.4 Å². The van der Waals surface area contributed by atoms with E-state index >= 15 is 0 Å². The fourth-order valence-electron chi connectivity index (χ4n) is 1.99. The first-order chi connectivity index (χ1) is 9.86. The van der Waals surface area contributed by atoms with Crippen LogP contribution in [0.3, 0.4) is 0 Å². The maximum absolute atomic E-state index is 11.3. The number of aromatic nitrogens is 4. The summed E-state index contributed by atoms with van der Waals surface area (Å²) in [6, 6.07) is 1.25. The summed E-state index contributed by atoms with van der Waals surface area (Å²) < 4.78 is 1.30. The third kappa shape index (κ3) is 2.80. The highest BCUT2D eigenvalue weighted by atomic mass is 16.4. The molecule has 4 atom stereocenters. The summed E-state index contributed by atoms with van der Waals surface area (Å²) in [5.74, 6) is -0.0473. The van der Waals surface area contributed by atoms with Crippen LogP contribution in [0.25, 0.3) is 5.78 Å². The largest absolute Gasteiger partial charge is 0.394 e. The number of aliphatic hydroxyl groups is 5. The topological polar surface area (TPSA) is 164 Å². The van der Waals surface area contributed by atoms with E-state index in [4.69, 9.17) is 5.11 Å². The second kappa shape index (κ2) is 5.87. The van der Waals surface area contributed by atoms with Crippen molar-refractivity contribution >= 4 is 5.78 Å². The van der Waals surface area contributed by atoms with Crippen LogP contribution >= 0.6 is 0 Å². The standard InChI is InChI=1S/C11H16N4O6/c1-4-2-6(18)12-11-14-13-10(15(4)11)9(21)8(20)7(19)5(17)3-16/h2,5,7-9,16-17,19-21H,3H2,1H3,(H,12,14,18)/t5-,7-,8+,9+/m1/s1. The number of H-pyrrole nitrogens is 1. The molecular weight excluding hydrogens is 284 g/mol. The van der Waals surface area contributed by atoms with Crippen LogP contribution in [-0.4, -0.2) is 70.0 Å². The number of aryl methyl sites for hydroxylation is 1. The first kappa shape index (κ1) is 15.5. The van der Waals surface area contributed by atoms with Crippen molar-refractivity contribution in [2.75, 3.05) is 6.61 Å². The minimum Gasteiger partial charge on any atom is -0.394 e. The fraction of sp³-hybridized carbons (Fsp3) is 0.545. The van der Waals surface area contributed by atoms with Gasteiger partial charge in [-0.2, -0.15) is 0 Å². The Kier molecular flexibility index (Phi) is 4.34. The van der Waals surface area contributed by atoms with Gasteiger partial charge in [-0.05, 0) is 6.92 Å². The number of hydrogen-bond acceptors (Lipinski definition) is 8. The second-order valence-corrected chi connectivity index (χ2v) is 4.67. The summed E-state index contributed by atoms with van der Waals surface area (Å²) in [6.45, 7) is 0.797. The zero-order chi connectivity index (χ0) is 15.7. The van der Waals surface area contributed by atoms with Gasteiger partial charge in [-0.15, -0.1) is 10.2 Å². The molecule has 0 aliphatic carbocycles. The van der Waals surface area contributed by atoms with Crippen molar-refractivity contribution in [3.05, 3.63) is 27.9 Å². The number of nitrogens with zero attached hydrogens (tertiary/aromatic N) is 3. The molecule has 0 fully saturated rings. The Bertz CT molecular complexity index is 683. The zero-order valence-electron chi connectivity index (χ0n) is 11.1. The van der Waals surface area contributed by atoms with Crippen LogP contribution in [0.4, 0.5) is 0 Å². The molecule has 0 unspecified atom stereocenters. The summed E-state index contributed by atoms with van der Waals surface area (Å²) >= 11 is 0. The van der Waals surface area contributed by atoms with Crippen LogP contribution in [0, 0.1) is 6.92 Å². The highest BCUT2D eigenvalue weighted by molar-refractivity contribution is 5.30. The van der Waals surface area contributed by atoms with Crippen LogP contribution < -0.4 is 5.56 Å². The monoisotopic (exact) mass is 300 g/mol. The highest BCUT2D eigenvalue weighted by Crippen LogP contribution is 2.19. The van der Waals surface area contributed by atoms with E-state index in [9.17, 15) is 25.2 Å². The van der Waals surface area contributed by atoms with Crippen LogP contribution in [0.5, 0.6) is 0 Å². The Morgan fingerprint density at radius 1 is 1.24 bits per heavy atom. The van der Waals surface area contributed by atoms with E-state index in [2.05, 4.69) is 15.2 Å². The summed E-state index contributed by atoms with van der Waals surface area (Å²) in [4.78, 5) is 13.7. The van der Waals surface area contributed by atoms with Crippen molar-refractivity contribution in [2.45, 2.75) is 31.3 Å². The van der Waals surface area contributed by atoms with Gasteiger partial charge >= 0.3 is 0 Å². The Labute approximate surface area is 117 Å². The Hall–Kier alpha value is -1.85. The Morgan fingerprint density at radius 3 is 2.52 bits per heavy atom. The lowest BCUT2D eigenvalue weighted by Gasteiger charge is -2.24. The molecule has 0 amide bonds. The number of aromatic amines is 1. The summed E-state index contributed by atoms with van der Waals surface area (Å²) in [6.07, 6.45) is -6.87. The number of rotatable bonds is 5. The molecule has 10 heteroatoms. The molecule has 116 valence electrons. The first-order valence-corrected chi connectivity index (χ1v) is 6.15. The lowest BCUT2D eigenvalue weighted by Crippen LogP contribution is -2.43. The quantitative estimate of drug-likeness (QED) is 0.336. The average molecular weight is 300 g/mol. The van der Waals surface area contributed by atoms with Gasteiger partial charge in [0.2, 0.25) is 5.78 Å². The van der Waals surface area contributed by atoms with Crippen LogP contribution in [0.1, 0.15) is 17.6 Å². The molecule has 2 rings (SSSR count). The normalized spacial score (nSPS) is 17.6. The molecule has 0 saturated carbocycles. The molecule has 0 aliphatic rings. The van der Waals surface area contributed by atoms with Gasteiger partial charge in [0.25, 0.3) is 5.56 Å². The zero-order valence-corrected chi connectivity index (χ0v) is 11.1. The molecule has 0 aromatic carbocycles. The minimum absolute atomic E-state index is 0.0680. The predicted octanol–water partition coefficient (Wildman–Crippen LogP) is -3.17. The third-order valence-electron chi connectivity index (χ3n) is 3.14. The van der Waals surface area contributed by atoms with Gasteiger partial charge in [0, 0.05) is 11.8 Å². The maximum atomic E-state index is 11.3. The molecule has 0 spiro atoms. The molecule has 2 aromatic heterocycles. The summed E-state index contributed by atoms with van der Waals surface area (Å²) in [7, 11) is 0. The van der Waals surface area contributed by atoms with Crippen molar-refractivity contribution < 1.29 is 25.5 Å². The van der Waals surface area contributed by atoms with Crippen LogP contribution in [-0.2, 0) is 0 Å². The fourth-order valence-corrected chi connectivity index (χ4v) is 1.99. The van der Waals surface area contributed by atoms with Crippen LogP contribution in [0.2, 0.25) is 0 Å². The Balaban J connectivity index is 2.40. The molecule has 0 saturated heterocycles. The van der Waals surface area contributed by atoms with Crippen molar-refractivity contribution in [1.82, 2.24) is 19.6 Å². The van der Waals surface area contributed by atoms with Crippen LogP contribution in [0.15, 0.2) is 10.9 Å². The highest BCUT2D eigenvalue weighted by Gasteiger charge is 2.33. The molecule has 2 aromatic rings. The lowest BCUT2D eigenvalue weighted by atomic mass is 10.0. The van der Waals surface area contributed by atoms with Gasteiger partial charge in [-0.25, -0.2) is 0 Å². The van der Waals surface area contributed by atoms with Crippen molar-refractivity contribution in [1.29, 1.82) is 0 Å². The lowest BCUT2D eigenvalue weighted by molar-refractivity contribution is -0.118. The van der Waals surface area contributed by atoms with E-state index in [0.717, 1.165) is 0 Å². The van der Waals surface area contributed by atoms with E-state index in [1.807, 2.05) is 0 Å². The second-order valence-electron chi connectivity index (χ2n) is 4.67. The summed E-state index contributed by atoms with van der Waals surface area (Å²) in [5, 5.41) is 54.9. The molecule has 2 heterocycles. The van der Waals surface area contributed by atoms with Gasteiger partial charge in [-0.3, -0.25) is 14.2 Å². The molecule has 21 heavy (non-hydrogen) atoms. The number of aliphatic hydroxyl groups excluding tert-OH is 5. The molecule has 0 aliphatic heterocycles. The first-order valence-electron chi connectivity index (χ1n) is 6.15. The number of hydrogen-bond donors (Lipinski definition) is 6. The summed E-state index contributed by atoms with van der Waals surface area (Å²) in [5.41, 5.74) is 0.0157. The average Bonchev–Trinajstić information content (AvgIpc) is 2.87. The molecule has 0 bridgehead atoms. The molecule has 10 nitrogen and oxygen atoms in total. The van der Waals surface area contributed by atoms with E-state index in [1.54, 1.807) is 6.92 Å². The van der Waals surface area contributed by atoms with E-state index in [-0.39, 0.29) is 11.6 Å². The van der Waals surface area contributed by atoms with Crippen molar-refractivity contribution in [2.24, 2.45) is 0 Å².